The van der Waals surface area contributed by atoms with Crippen molar-refractivity contribution >= 4 is 43.2 Å². The minimum Gasteiger partial charge on any atom is -0.297 e. The van der Waals surface area contributed by atoms with Crippen LogP contribution in [-0.2, 0) is 10.0 Å². The van der Waals surface area contributed by atoms with Gasteiger partial charge in [-0.05, 0) is 37.4 Å². The second-order valence-electron chi connectivity index (χ2n) is 4.81. The molecule has 0 radical (unpaired) electrons. The number of nitrogens with zero attached hydrogens (tertiary/aromatic N) is 1. The van der Waals surface area contributed by atoms with Crippen molar-refractivity contribution in [3.8, 4) is 0 Å². The van der Waals surface area contributed by atoms with E-state index in [1.165, 1.54) is 6.07 Å². The van der Waals surface area contributed by atoms with Crippen molar-refractivity contribution in [3.05, 3.63) is 21.7 Å². The van der Waals surface area contributed by atoms with E-state index >= 15 is 0 Å². The second-order valence-corrected chi connectivity index (χ2v) is 8.11. The van der Waals surface area contributed by atoms with E-state index in [0.717, 1.165) is 24.2 Å². The maximum atomic E-state index is 12.2. The topological polar surface area (TPSA) is 91.9 Å². The van der Waals surface area contributed by atoms with Gasteiger partial charge in [-0.25, -0.2) is 18.1 Å². The Bertz CT molecular complexity index is 820. The molecule has 1 fully saturated rings. The molecule has 1 aliphatic carbocycles. The van der Waals surface area contributed by atoms with E-state index in [0.29, 0.717) is 4.83 Å². The number of rotatable bonds is 3. The lowest BCUT2D eigenvalue weighted by Crippen LogP contribution is -2.33. The van der Waals surface area contributed by atoms with Crippen molar-refractivity contribution in [2.75, 3.05) is 0 Å². The van der Waals surface area contributed by atoms with Crippen LogP contribution in [-0.4, -0.2) is 23.9 Å². The number of sulfonamides is 1. The Labute approximate surface area is 117 Å². The van der Waals surface area contributed by atoms with E-state index < -0.39 is 15.6 Å². The van der Waals surface area contributed by atoms with Crippen molar-refractivity contribution < 1.29 is 8.42 Å². The van der Waals surface area contributed by atoms with Gasteiger partial charge >= 0.3 is 0 Å². The van der Waals surface area contributed by atoms with Crippen molar-refractivity contribution in [1.29, 1.82) is 0 Å². The van der Waals surface area contributed by atoms with Crippen LogP contribution >= 0.6 is 22.9 Å². The number of nitrogens with one attached hydrogen (secondary N) is 2. The molecule has 2 aromatic rings. The number of H-pyrrole nitrogens is 1. The molecule has 0 amide bonds. The molecule has 9 heteroatoms. The molecule has 0 spiro atoms. The Morgan fingerprint density at radius 3 is 2.84 bits per heavy atom. The van der Waals surface area contributed by atoms with Gasteiger partial charge in [0.05, 0.1) is 5.39 Å². The molecule has 3 rings (SSSR count). The lowest BCUT2D eigenvalue weighted by Gasteiger charge is -2.09. The highest BCUT2D eigenvalue weighted by molar-refractivity contribution is 7.91. The third-order valence-electron chi connectivity index (χ3n) is 3.00. The molecule has 2 N–H and O–H groups in total. The maximum Gasteiger partial charge on any atom is 0.260 e. The molecule has 102 valence electrons. The summed E-state index contributed by atoms with van der Waals surface area (Å²) in [6, 6.07) is 1.33. The predicted octanol–water partition coefficient (Wildman–Crippen LogP) is 1.47. The Morgan fingerprint density at radius 1 is 1.53 bits per heavy atom. The standard InChI is InChI=1S/C10H10ClN3O3S2/c1-10(2-3-10)14-19(16,17)6-4-5-7(15)12-9(11)13-8(5)18-6/h4,14H,2-3H2,1H3,(H,12,13,15). The van der Waals surface area contributed by atoms with Gasteiger partial charge in [0, 0.05) is 5.54 Å². The van der Waals surface area contributed by atoms with Crippen LogP contribution in [0.25, 0.3) is 10.2 Å². The van der Waals surface area contributed by atoms with Crippen LogP contribution in [0.5, 0.6) is 0 Å². The second kappa shape index (κ2) is 4.02. The fourth-order valence-corrected chi connectivity index (χ4v) is 4.69. The predicted molar refractivity (Wildman–Crippen MR) is 73.2 cm³/mol. The molecular weight excluding hydrogens is 310 g/mol. The average molecular weight is 320 g/mol. The summed E-state index contributed by atoms with van der Waals surface area (Å²) in [5.74, 6) is 0. The quantitative estimate of drug-likeness (QED) is 0.838. The minimum atomic E-state index is -3.61. The lowest BCUT2D eigenvalue weighted by molar-refractivity contribution is 0.560. The van der Waals surface area contributed by atoms with Gasteiger partial charge in [-0.2, -0.15) is 0 Å². The van der Waals surface area contributed by atoms with Gasteiger partial charge in [0.15, 0.2) is 0 Å². The first-order valence-corrected chi connectivity index (χ1v) is 8.20. The minimum absolute atomic E-state index is 0.0505. The van der Waals surface area contributed by atoms with Gasteiger partial charge in [-0.1, -0.05) is 0 Å². The van der Waals surface area contributed by atoms with Crippen LogP contribution in [0.1, 0.15) is 19.8 Å². The summed E-state index contributed by atoms with van der Waals surface area (Å²) < 4.78 is 27.1. The molecule has 19 heavy (non-hydrogen) atoms. The first-order chi connectivity index (χ1) is 8.79. The van der Waals surface area contributed by atoms with Gasteiger partial charge in [0.1, 0.15) is 9.04 Å². The smallest absolute Gasteiger partial charge is 0.260 e. The summed E-state index contributed by atoms with van der Waals surface area (Å²) in [6.45, 7) is 1.85. The SMILES string of the molecule is CC1(NS(=O)(=O)c2cc3c(=O)[nH]c(Cl)nc3s2)CC1. The number of thiophene rings is 1. The molecule has 0 bridgehead atoms. The number of hydrogen-bond donors (Lipinski definition) is 2. The van der Waals surface area contributed by atoms with E-state index in [-0.39, 0.29) is 20.4 Å². The summed E-state index contributed by atoms with van der Waals surface area (Å²) in [5, 5.41) is 0.182. The van der Waals surface area contributed by atoms with Crippen LogP contribution in [0.2, 0.25) is 5.28 Å². The normalized spacial score (nSPS) is 17.8. The highest BCUT2D eigenvalue weighted by Gasteiger charge is 2.41. The van der Waals surface area contributed by atoms with Crippen molar-refractivity contribution in [1.82, 2.24) is 14.7 Å². The van der Waals surface area contributed by atoms with Crippen LogP contribution in [0.4, 0.5) is 0 Å². The summed E-state index contributed by atoms with van der Waals surface area (Å²) in [5.41, 5.74) is -0.794. The Hall–Kier alpha value is -0.960. The van der Waals surface area contributed by atoms with Crippen LogP contribution in [0.15, 0.2) is 15.1 Å². The molecule has 0 atom stereocenters. The molecule has 6 nitrogen and oxygen atoms in total. The number of halogens is 1. The molecule has 2 heterocycles. The lowest BCUT2D eigenvalue weighted by atomic mass is 10.4. The van der Waals surface area contributed by atoms with Gasteiger partial charge in [-0.15, -0.1) is 11.3 Å². The summed E-state index contributed by atoms with van der Waals surface area (Å²) in [6.07, 6.45) is 1.64. The van der Waals surface area contributed by atoms with Gasteiger partial charge in [0.2, 0.25) is 5.28 Å². The molecule has 0 aromatic carbocycles. The van der Waals surface area contributed by atoms with Crippen LogP contribution < -0.4 is 10.3 Å². The van der Waals surface area contributed by atoms with Crippen LogP contribution in [0, 0.1) is 0 Å². The molecule has 1 saturated carbocycles. The van der Waals surface area contributed by atoms with E-state index in [2.05, 4.69) is 14.7 Å². The first-order valence-electron chi connectivity index (χ1n) is 5.52. The Kier molecular flexibility index (Phi) is 2.76. The van der Waals surface area contributed by atoms with E-state index in [9.17, 15) is 13.2 Å². The van der Waals surface area contributed by atoms with E-state index in [4.69, 9.17) is 11.6 Å². The fraction of sp³-hybridized carbons (Fsp3) is 0.400. The average Bonchev–Trinajstić information content (AvgIpc) is 2.83. The zero-order valence-electron chi connectivity index (χ0n) is 9.86. The summed E-state index contributed by atoms with van der Waals surface area (Å²) in [7, 11) is -3.61. The zero-order chi connectivity index (χ0) is 13.8. The van der Waals surface area contributed by atoms with Crippen molar-refractivity contribution in [2.24, 2.45) is 0 Å². The number of aromatic amines is 1. The number of fused-ring (bicyclic) bond motifs is 1. The first kappa shape index (κ1) is 13.0. The molecular formula is C10H10ClN3O3S2. The fourth-order valence-electron chi connectivity index (χ4n) is 1.68. The maximum absolute atomic E-state index is 12.2. The molecule has 2 aromatic heterocycles. The molecule has 0 saturated heterocycles. The highest BCUT2D eigenvalue weighted by Crippen LogP contribution is 2.37. The summed E-state index contributed by atoms with van der Waals surface area (Å²) in [4.78, 5) is 18.2. The zero-order valence-corrected chi connectivity index (χ0v) is 12.2. The Balaban J connectivity index is 2.11. The monoisotopic (exact) mass is 319 g/mol. The number of aromatic nitrogens is 2. The van der Waals surface area contributed by atoms with E-state index in [1.54, 1.807) is 0 Å². The largest absolute Gasteiger partial charge is 0.297 e. The van der Waals surface area contributed by atoms with Crippen molar-refractivity contribution in [2.45, 2.75) is 29.5 Å². The van der Waals surface area contributed by atoms with E-state index in [1.807, 2.05) is 6.92 Å². The molecule has 1 aliphatic rings. The van der Waals surface area contributed by atoms with Crippen LogP contribution in [0.3, 0.4) is 0 Å². The third-order valence-corrected chi connectivity index (χ3v) is 6.32. The number of hydrogen-bond acceptors (Lipinski definition) is 5. The van der Waals surface area contributed by atoms with Gasteiger partial charge < -0.3 is 0 Å². The van der Waals surface area contributed by atoms with Crippen molar-refractivity contribution in [3.63, 3.8) is 0 Å². The van der Waals surface area contributed by atoms with Gasteiger partial charge in [0.25, 0.3) is 15.6 Å². The highest BCUT2D eigenvalue weighted by atomic mass is 35.5. The Morgan fingerprint density at radius 2 is 2.21 bits per heavy atom. The molecule has 0 aliphatic heterocycles. The molecule has 0 unspecified atom stereocenters. The third kappa shape index (κ3) is 2.40. The summed E-state index contributed by atoms with van der Waals surface area (Å²) >= 11 is 6.57. The van der Waals surface area contributed by atoms with Gasteiger partial charge in [-0.3, -0.25) is 9.78 Å².